The Bertz CT molecular complexity index is 857. The molecule has 0 radical (unpaired) electrons. The fourth-order valence-corrected chi connectivity index (χ4v) is 3.70. The van der Waals surface area contributed by atoms with E-state index in [9.17, 15) is 4.79 Å². The zero-order valence-electron chi connectivity index (χ0n) is 15.3. The van der Waals surface area contributed by atoms with Gasteiger partial charge in [0.1, 0.15) is 5.76 Å². The number of hydrogen-bond donors (Lipinski definition) is 1. The van der Waals surface area contributed by atoms with Gasteiger partial charge in [0.25, 0.3) is 0 Å². The van der Waals surface area contributed by atoms with Gasteiger partial charge >= 0.3 is 0 Å². The number of carbonyl (C=O) groups is 1. The monoisotopic (exact) mass is 364 g/mol. The summed E-state index contributed by atoms with van der Waals surface area (Å²) in [5, 5.41) is 2.96. The van der Waals surface area contributed by atoms with Crippen LogP contribution >= 0.6 is 0 Å². The SMILES string of the molecule is O=C(C[C@H]1CN(Cc2cccnc2)Cc2cccn2C1)NCc1ccco1. The molecule has 1 amide bonds. The molecule has 0 saturated heterocycles. The van der Waals surface area contributed by atoms with Crippen molar-refractivity contribution in [2.24, 2.45) is 5.92 Å². The molecule has 0 saturated carbocycles. The minimum Gasteiger partial charge on any atom is -0.467 e. The molecule has 0 aliphatic carbocycles. The average Bonchev–Trinajstić information content (AvgIpc) is 3.31. The van der Waals surface area contributed by atoms with Crippen LogP contribution in [-0.4, -0.2) is 26.9 Å². The van der Waals surface area contributed by atoms with Gasteiger partial charge in [0.2, 0.25) is 5.91 Å². The van der Waals surface area contributed by atoms with Crippen molar-refractivity contribution in [2.75, 3.05) is 6.54 Å². The predicted molar refractivity (Wildman–Crippen MR) is 101 cm³/mol. The standard InChI is InChI=1S/C21H24N4O2/c26-21(23-12-20-6-3-9-27-20)10-18-14-24(13-17-4-1-7-22-11-17)16-19-5-2-8-25(19)15-18/h1-9,11,18H,10,12-16H2,(H,23,26)/t18-/m0/s1. The summed E-state index contributed by atoms with van der Waals surface area (Å²) in [5.41, 5.74) is 2.48. The maximum absolute atomic E-state index is 12.4. The van der Waals surface area contributed by atoms with Gasteiger partial charge in [-0.2, -0.15) is 0 Å². The van der Waals surface area contributed by atoms with Crippen molar-refractivity contribution >= 4 is 5.91 Å². The van der Waals surface area contributed by atoms with Crippen molar-refractivity contribution in [2.45, 2.75) is 32.6 Å². The van der Waals surface area contributed by atoms with Gasteiger partial charge in [-0.25, -0.2) is 0 Å². The van der Waals surface area contributed by atoms with Crippen molar-refractivity contribution in [3.63, 3.8) is 0 Å². The average molecular weight is 364 g/mol. The maximum Gasteiger partial charge on any atom is 0.220 e. The van der Waals surface area contributed by atoms with Crippen LogP contribution in [0.15, 0.2) is 65.7 Å². The Hall–Kier alpha value is -2.86. The van der Waals surface area contributed by atoms with Crippen molar-refractivity contribution in [1.29, 1.82) is 0 Å². The molecule has 0 unspecified atom stereocenters. The summed E-state index contributed by atoms with van der Waals surface area (Å²) in [5.74, 6) is 1.09. The van der Waals surface area contributed by atoms with Gasteiger partial charge in [0, 0.05) is 56.9 Å². The molecule has 3 aromatic rings. The lowest BCUT2D eigenvalue weighted by atomic mass is 10.0. The number of nitrogens with zero attached hydrogens (tertiary/aromatic N) is 3. The topological polar surface area (TPSA) is 63.3 Å². The molecule has 1 atom stereocenters. The van der Waals surface area contributed by atoms with E-state index in [1.807, 2.05) is 24.4 Å². The summed E-state index contributed by atoms with van der Waals surface area (Å²) in [6, 6.07) is 12.0. The second-order valence-electron chi connectivity index (χ2n) is 7.11. The fourth-order valence-electron chi connectivity index (χ4n) is 3.70. The van der Waals surface area contributed by atoms with Gasteiger partial charge in [-0.15, -0.1) is 0 Å². The Kier molecular flexibility index (Phi) is 5.34. The maximum atomic E-state index is 12.4. The van der Waals surface area contributed by atoms with Crippen molar-refractivity contribution in [1.82, 2.24) is 19.8 Å². The molecule has 6 nitrogen and oxygen atoms in total. The molecular weight excluding hydrogens is 340 g/mol. The van der Waals surface area contributed by atoms with Gasteiger partial charge in [0.15, 0.2) is 0 Å². The first-order valence-electron chi connectivity index (χ1n) is 9.30. The van der Waals surface area contributed by atoms with Crippen LogP contribution in [0.5, 0.6) is 0 Å². The Balaban J connectivity index is 1.41. The normalized spacial score (nSPS) is 17.3. The number of furan rings is 1. The molecule has 1 aliphatic heterocycles. The van der Waals surface area contributed by atoms with Crippen LogP contribution < -0.4 is 5.32 Å². The van der Waals surface area contributed by atoms with E-state index in [4.69, 9.17) is 4.42 Å². The summed E-state index contributed by atoms with van der Waals surface area (Å²) in [4.78, 5) is 19.1. The number of nitrogens with one attached hydrogen (secondary N) is 1. The van der Waals surface area contributed by atoms with Gasteiger partial charge in [-0.3, -0.25) is 14.7 Å². The Morgan fingerprint density at radius 1 is 1.22 bits per heavy atom. The van der Waals surface area contributed by atoms with E-state index >= 15 is 0 Å². The second-order valence-corrected chi connectivity index (χ2v) is 7.11. The molecule has 4 rings (SSSR count). The third-order valence-electron chi connectivity index (χ3n) is 4.92. The summed E-state index contributed by atoms with van der Waals surface area (Å²) < 4.78 is 7.55. The summed E-state index contributed by atoms with van der Waals surface area (Å²) in [6.07, 6.45) is 7.94. The highest BCUT2D eigenvalue weighted by Crippen LogP contribution is 2.21. The first-order chi connectivity index (χ1) is 13.3. The molecule has 6 heteroatoms. The Labute approximate surface area is 158 Å². The molecule has 0 aromatic carbocycles. The summed E-state index contributed by atoms with van der Waals surface area (Å²) in [6.45, 7) is 3.90. The highest BCUT2D eigenvalue weighted by molar-refractivity contribution is 5.76. The molecule has 0 bridgehead atoms. The molecule has 3 aromatic heterocycles. The third-order valence-corrected chi connectivity index (χ3v) is 4.92. The quantitative estimate of drug-likeness (QED) is 0.731. The van der Waals surface area contributed by atoms with Crippen LogP contribution in [0.25, 0.3) is 0 Å². The Morgan fingerprint density at radius 3 is 3.00 bits per heavy atom. The van der Waals surface area contributed by atoms with Crippen molar-refractivity contribution < 1.29 is 9.21 Å². The number of rotatable bonds is 6. The summed E-state index contributed by atoms with van der Waals surface area (Å²) in [7, 11) is 0. The van der Waals surface area contributed by atoms with Gasteiger partial charge in [-0.1, -0.05) is 6.07 Å². The zero-order chi connectivity index (χ0) is 18.5. The van der Waals surface area contributed by atoms with Gasteiger partial charge in [0.05, 0.1) is 12.8 Å². The van der Waals surface area contributed by atoms with Gasteiger partial charge in [-0.05, 0) is 41.8 Å². The first-order valence-corrected chi connectivity index (χ1v) is 9.30. The highest BCUT2D eigenvalue weighted by Gasteiger charge is 2.23. The van der Waals surface area contributed by atoms with Crippen LogP contribution in [0.4, 0.5) is 0 Å². The smallest absolute Gasteiger partial charge is 0.220 e. The molecule has 140 valence electrons. The van der Waals surface area contributed by atoms with Crippen LogP contribution in [-0.2, 0) is 31.0 Å². The van der Waals surface area contributed by atoms with Crippen LogP contribution in [0.3, 0.4) is 0 Å². The van der Waals surface area contributed by atoms with E-state index in [1.165, 1.54) is 11.3 Å². The van der Waals surface area contributed by atoms with Gasteiger partial charge < -0.3 is 14.3 Å². The number of aromatic nitrogens is 2. The minimum atomic E-state index is 0.0633. The van der Waals surface area contributed by atoms with E-state index in [0.717, 1.165) is 31.9 Å². The van der Waals surface area contributed by atoms with Crippen LogP contribution in [0.1, 0.15) is 23.4 Å². The molecule has 27 heavy (non-hydrogen) atoms. The van der Waals surface area contributed by atoms with E-state index in [2.05, 4.69) is 44.2 Å². The largest absolute Gasteiger partial charge is 0.467 e. The molecule has 4 heterocycles. The molecule has 1 aliphatic rings. The minimum absolute atomic E-state index is 0.0633. The first kappa shape index (κ1) is 17.5. The third kappa shape index (κ3) is 4.65. The van der Waals surface area contributed by atoms with E-state index in [0.29, 0.717) is 13.0 Å². The number of amides is 1. The fraction of sp³-hybridized carbons (Fsp3) is 0.333. The van der Waals surface area contributed by atoms with Crippen molar-refractivity contribution in [3.05, 3.63) is 78.3 Å². The lowest BCUT2D eigenvalue weighted by molar-refractivity contribution is -0.122. The Morgan fingerprint density at radius 2 is 2.19 bits per heavy atom. The lowest BCUT2D eigenvalue weighted by Crippen LogP contribution is -2.32. The number of carbonyl (C=O) groups excluding carboxylic acids is 1. The number of hydrogen-bond acceptors (Lipinski definition) is 4. The lowest BCUT2D eigenvalue weighted by Gasteiger charge is -2.23. The molecule has 0 fully saturated rings. The zero-order valence-corrected chi connectivity index (χ0v) is 15.3. The van der Waals surface area contributed by atoms with Crippen molar-refractivity contribution in [3.8, 4) is 0 Å². The molecule has 0 spiro atoms. The van der Waals surface area contributed by atoms with E-state index < -0.39 is 0 Å². The van der Waals surface area contributed by atoms with Crippen LogP contribution in [0.2, 0.25) is 0 Å². The molecule has 1 N–H and O–H groups in total. The second kappa shape index (κ2) is 8.22. The summed E-state index contributed by atoms with van der Waals surface area (Å²) >= 11 is 0. The highest BCUT2D eigenvalue weighted by atomic mass is 16.3. The number of pyridine rings is 1. The predicted octanol–water partition coefficient (Wildman–Crippen LogP) is 2.81. The van der Waals surface area contributed by atoms with E-state index in [1.54, 1.807) is 12.5 Å². The molecular formula is C21H24N4O2. The van der Waals surface area contributed by atoms with Crippen LogP contribution in [0, 0.1) is 5.92 Å². The van der Waals surface area contributed by atoms with E-state index in [-0.39, 0.29) is 11.8 Å². The number of fused-ring (bicyclic) bond motifs is 1.